The molecule has 0 spiro atoms. The fraction of sp³-hybridized carbons (Fsp3) is 0.933. The topological polar surface area (TPSA) is 23.6 Å². The standard InChI is InChI=1S/C15H26N2O/c18-15(16-10-4-1-5-11-16)17-12-6-8-13-7-2-3-9-14(13)17/h13-14H,1-12H2. The lowest BCUT2D eigenvalue weighted by atomic mass is 9.78. The summed E-state index contributed by atoms with van der Waals surface area (Å²) in [5.74, 6) is 0.807. The Morgan fingerprint density at radius 1 is 0.778 bits per heavy atom. The highest BCUT2D eigenvalue weighted by atomic mass is 16.2. The van der Waals surface area contributed by atoms with E-state index in [2.05, 4.69) is 9.80 Å². The highest BCUT2D eigenvalue weighted by Gasteiger charge is 2.37. The summed E-state index contributed by atoms with van der Waals surface area (Å²) in [6.07, 6.45) is 11.6. The molecule has 1 saturated carbocycles. The Hall–Kier alpha value is -0.730. The number of nitrogens with zero attached hydrogens (tertiary/aromatic N) is 2. The van der Waals surface area contributed by atoms with Gasteiger partial charge in [-0.3, -0.25) is 0 Å². The van der Waals surface area contributed by atoms with Crippen LogP contribution in [0, 0.1) is 5.92 Å². The van der Waals surface area contributed by atoms with Crippen LogP contribution in [-0.2, 0) is 0 Å². The second-order valence-electron chi connectivity index (χ2n) is 6.28. The van der Waals surface area contributed by atoms with E-state index in [-0.39, 0.29) is 0 Å². The van der Waals surface area contributed by atoms with Crippen molar-refractivity contribution in [2.75, 3.05) is 19.6 Å². The van der Waals surface area contributed by atoms with Gasteiger partial charge in [-0.15, -0.1) is 0 Å². The minimum absolute atomic E-state index is 0.353. The zero-order valence-corrected chi connectivity index (χ0v) is 11.4. The third-order valence-corrected chi connectivity index (χ3v) is 5.12. The summed E-state index contributed by atoms with van der Waals surface area (Å²) in [6, 6.07) is 0.924. The first kappa shape index (κ1) is 12.3. The lowest BCUT2D eigenvalue weighted by Gasteiger charge is -2.46. The first-order chi connectivity index (χ1) is 8.86. The maximum Gasteiger partial charge on any atom is 0.320 e. The number of amides is 2. The van der Waals surface area contributed by atoms with Crippen molar-refractivity contribution in [3.05, 3.63) is 0 Å². The number of likely N-dealkylation sites (tertiary alicyclic amines) is 2. The number of carbonyl (C=O) groups excluding carboxylic acids is 1. The van der Waals surface area contributed by atoms with Gasteiger partial charge < -0.3 is 9.80 Å². The number of hydrogen-bond donors (Lipinski definition) is 0. The zero-order chi connectivity index (χ0) is 12.4. The van der Waals surface area contributed by atoms with Crippen molar-refractivity contribution in [1.29, 1.82) is 0 Å². The molecule has 2 amide bonds. The molecule has 2 aliphatic heterocycles. The van der Waals surface area contributed by atoms with Crippen LogP contribution in [0.25, 0.3) is 0 Å². The molecule has 18 heavy (non-hydrogen) atoms. The zero-order valence-electron chi connectivity index (χ0n) is 11.4. The van der Waals surface area contributed by atoms with Gasteiger partial charge in [-0.2, -0.15) is 0 Å². The van der Waals surface area contributed by atoms with E-state index in [1.165, 1.54) is 57.8 Å². The minimum Gasteiger partial charge on any atom is -0.325 e. The average molecular weight is 250 g/mol. The summed E-state index contributed by atoms with van der Waals surface area (Å²) >= 11 is 0. The predicted octanol–water partition coefficient (Wildman–Crippen LogP) is 3.25. The number of hydrogen-bond acceptors (Lipinski definition) is 1. The Bertz CT molecular complexity index is 297. The van der Waals surface area contributed by atoms with Crippen LogP contribution in [0.5, 0.6) is 0 Å². The molecule has 0 N–H and O–H groups in total. The molecule has 2 atom stereocenters. The van der Waals surface area contributed by atoms with Crippen molar-refractivity contribution in [2.45, 2.75) is 63.8 Å². The quantitative estimate of drug-likeness (QED) is 0.647. The van der Waals surface area contributed by atoms with Crippen molar-refractivity contribution in [2.24, 2.45) is 5.92 Å². The highest BCUT2D eigenvalue weighted by Crippen LogP contribution is 2.35. The summed E-state index contributed by atoms with van der Waals surface area (Å²) in [6.45, 7) is 3.00. The highest BCUT2D eigenvalue weighted by molar-refractivity contribution is 5.75. The van der Waals surface area contributed by atoms with Crippen LogP contribution in [0.3, 0.4) is 0 Å². The summed E-state index contributed by atoms with van der Waals surface area (Å²) in [4.78, 5) is 17.0. The van der Waals surface area contributed by atoms with E-state index in [4.69, 9.17) is 0 Å². The van der Waals surface area contributed by atoms with Gasteiger partial charge >= 0.3 is 6.03 Å². The molecule has 3 nitrogen and oxygen atoms in total. The number of carbonyl (C=O) groups is 1. The average Bonchev–Trinajstić information content (AvgIpc) is 2.47. The molecule has 3 heteroatoms. The lowest BCUT2D eigenvalue weighted by Crippen LogP contribution is -2.55. The van der Waals surface area contributed by atoms with Crippen molar-refractivity contribution < 1.29 is 4.79 Å². The van der Waals surface area contributed by atoms with E-state index in [9.17, 15) is 4.79 Å². The van der Waals surface area contributed by atoms with Gasteiger partial charge in [0.2, 0.25) is 0 Å². The van der Waals surface area contributed by atoms with Crippen LogP contribution in [0.1, 0.15) is 57.8 Å². The van der Waals surface area contributed by atoms with E-state index >= 15 is 0 Å². The maximum absolute atomic E-state index is 12.7. The Kier molecular flexibility index (Phi) is 3.76. The molecule has 3 aliphatic rings. The van der Waals surface area contributed by atoms with Crippen LogP contribution in [0.4, 0.5) is 4.79 Å². The molecule has 2 heterocycles. The molecule has 0 bridgehead atoms. The van der Waals surface area contributed by atoms with Crippen molar-refractivity contribution >= 4 is 6.03 Å². The van der Waals surface area contributed by atoms with Gasteiger partial charge in [0.15, 0.2) is 0 Å². The van der Waals surface area contributed by atoms with Crippen LogP contribution in [0.15, 0.2) is 0 Å². The van der Waals surface area contributed by atoms with E-state index in [1.807, 2.05) is 0 Å². The first-order valence-electron chi connectivity index (χ1n) is 7.92. The molecular weight excluding hydrogens is 224 g/mol. The summed E-state index contributed by atoms with van der Waals surface area (Å²) in [7, 11) is 0. The molecule has 3 fully saturated rings. The minimum atomic E-state index is 0.353. The summed E-state index contributed by atoms with van der Waals surface area (Å²) in [5, 5.41) is 0. The number of rotatable bonds is 0. The molecule has 0 aromatic heterocycles. The molecule has 3 rings (SSSR count). The Morgan fingerprint density at radius 2 is 1.50 bits per heavy atom. The molecular formula is C15H26N2O. The fourth-order valence-corrected chi connectivity index (χ4v) is 4.13. The smallest absolute Gasteiger partial charge is 0.320 e. The van der Waals surface area contributed by atoms with E-state index in [1.54, 1.807) is 0 Å². The van der Waals surface area contributed by atoms with Crippen molar-refractivity contribution in [3.63, 3.8) is 0 Å². The van der Waals surface area contributed by atoms with Crippen LogP contribution < -0.4 is 0 Å². The van der Waals surface area contributed by atoms with Gasteiger partial charge in [-0.05, 0) is 50.9 Å². The molecule has 2 unspecified atom stereocenters. The second-order valence-corrected chi connectivity index (χ2v) is 6.28. The largest absolute Gasteiger partial charge is 0.325 e. The molecule has 0 aromatic rings. The SMILES string of the molecule is O=C(N1CCCCC1)N1CCCC2CCCCC21. The summed E-state index contributed by atoms with van der Waals surface area (Å²) in [5.41, 5.74) is 0. The second kappa shape index (κ2) is 5.50. The Morgan fingerprint density at radius 3 is 2.33 bits per heavy atom. The van der Waals surface area contributed by atoms with Gasteiger partial charge in [-0.1, -0.05) is 12.8 Å². The van der Waals surface area contributed by atoms with Gasteiger partial charge in [0.25, 0.3) is 0 Å². The third-order valence-electron chi connectivity index (χ3n) is 5.12. The first-order valence-corrected chi connectivity index (χ1v) is 7.92. The molecule has 102 valence electrons. The number of piperidine rings is 2. The van der Waals surface area contributed by atoms with Crippen LogP contribution in [-0.4, -0.2) is 41.5 Å². The predicted molar refractivity (Wildman–Crippen MR) is 72.5 cm³/mol. The Labute approximate surface area is 111 Å². The fourth-order valence-electron chi connectivity index (χ4n) is 4.13. The summed E-state index contributed by atoms with van der Waals surface area (Å²) < 4.78 is 0. The van der Waals surface area contributed by atoms with Gasteiger partial charge in [0.1, 0.15) is 0 Å². The van der Waals surface area contributed by atoms with E-state index in [0.29, 0.717) is 12.1 Å². The lowest BCUT2D eigenvalue weighted by molar-refractivity contribution is 0.0612. The van der Waals surface area contributed by atoms with Crippen LogP contribution in [0.2, 0.25) is 0 Å². The van der Waals surface area contributed by atoms with E-state index < -0.39 is 0 Å². The Balaban J connectivity index is 1.67. The molecule has 1 aliphatic carbocycles. The molecule has 0 radical (unpaired) electrons. The monoisotopic (exact) mass is 250 g/mol. The van der Waals surface area contributed by atoms with Crippen molar-refractivity contribution in [3.8, 4) is 0 Å². The number of fused-ring (bicyclic) bond motifs is 1. The molecule has 0 aromatic carbocycles. The van der Waals surface area contributed by atoms with Gasteiger partial charge in [0.05, 0.1) is 0 Å². The van der Waals surface area contributed by atoms with Gasteiger partial charge in [0, 0.05) is 25.7 Å². The normalized spacial score (nSPS) is 33.1. The number of urea groups is 1. The van der Waals surface area contributed by atoms with Crippen molar-refractivity contribution in [1.82, 2.24) is 9.80 Å². The van der Waals surface area contributed by atoms with Crippen LogP contribution >= 0.6 is 0 Å². The van der Waals surface area contributed by atoms with Gasteiger partial charge in [-0.25, -0.2) is 4.79 Å². The third kappa shape index (κ3) is 2.36. The molecule has 2 saturated heterocycles. The van der Waals surface area contributed by atoms with E-state index in [0.717, 1.165) is 25.6 Å². The maximum atomic E-state index is 12.7.